The van der Waals surface area contributed by atoms with Gasteiger partial charge in [0.15, 0.2) is 6.61 Å². The average molecular weight is 410 g/mol. The summed E-state index contributed by atoms with van der Waals surface area (Å²) in [5, 5.41) is 5.83. The number of aromatic nitrogens is 2. The molecule has 30 heavy (non-hydrogen) atoms. The second-order valence-corrected chi connectivity index (χ2v) is 7.23. The summed E-state index contributed by atoms with van der Waals surface area (Å²) in [6.45, 7) is 2.00. The minimum Gasteiger partial charge on any atom is -0.484 e. The number of benzene rings is 1. The highest BCUT2D eigenvalue weighted by molar-refractivity contribution is 6.06. The fourth-order valence-corrected chi connectivity index (χ4v) is 3.13. The van der Waals surface area contributed by atoms with Gasteiger partial charge in [0.05, 0.1) is 11.9 Å². The van der Waals surface area contributed by atoms with Gasteiger partial charge in [-0.2, -0.15) is 0 Å². The minimum absolute atomic E-state index is 0.00208. The average Bonchev–Trinajstić information content (AvgIpc) is 3.46. The van der Waals surface area contributed by atoms with Crippen LogP contribution in [0.5, 0.6) is 5.75 Å². The molecule has 0 bridgehead atoms. The largest absolute Gasteiger partial charge is 0.484 e. The van der Waals surface area contributed by atoms with Crippen LogP contribution in [0.3, 0.4) is 0 Å². The maximum atomic E-state index is 12.6. The second-order valence-electron chi connectivity index (χ2n) is 7.23. The van der Waals surface area contributed by atoms with E-state index in [0.717, 1.165) is 18.4 Å². The van der Waals surface area contributed by atoms with Crippen LogP contribution in [-0.4, -0.2) is 41.0 Å². The van der Waals surface area contributed by atoms with Crippen molar-refractivity contribution in [2.75, 3.05) is 13.2 Å². The molecule has 2 heterocycles. The first-order valence-corrected chi connectivity index (χ1v) is 9.77. The molecule has 1 saturated carbocycles. The Labute approximate surface area is 171 Å². The van der Waals surface area contributed by atoms with Crippen LogP contribution in [-0.2, 0) is 11.2 Å². The van der Waals surface area contributed by atoms with E-state index in [1.165, 1.54) is 6.33 Å². The first kappa shape index (κ1) is 19.7. The number of amides is 2. The maximum Gasteiger partial charge on any atom is 0.262 e. The lowest BCUT2D eigenvalue weighted by molar-refractivity contribution is -0.123. The third-order valence-electron chi connectivity index (χ3n) is 4.83. The van der Waals surface area contributed by atoms with Crippen molar-refractivity contribution >= 4 is 22.9 Å². The number of carbonyl (C=O) groups excluding carboxylic acids is 2. The summed E-state index contributed by atoms with van der Waals surface area (Å²) >= 11 is 0. The zero-order chi connectivity index (χ0) is 21.1. The molecular formula is C21H22N4O5. The van der Waals surface area contributed by atoms with Crippen molar-refractivity contribution in [1.82, 2.24) is 20.6 Å². The van der Waals surface area contributed by atoms with Gasteiger partial charge in [-0.05, 0) is 43.9 Å². The van der Waals surface area contributed by atoms with Crippen LogP contribution in [0, 0.1) is 6.92 Å². The van der Waals surface area contributed by atoms with Crippen molar-refractivity contribution < 1.29 is 18.7 Å². The molecule has 0 radical (unpaired) electrons. The summed E-state index contributed by atoms with van der Waals surface area (Å²) in [5.41, 5.74) is 0.928. The van der Waals surface area contributed by atoms with E-state index in [-0.39, 0.29) is 35.1 Å². The van der Waals surface area contributed by atoms with Gasteiger partial charge in [-0.15, -0.1) is 0 Å². The van der Waals surface area contributed by atoms with Crippen LogP contribution in [0.1, 0.15) is 34.5 Å². The van der Waals surface area contributed by atoms with Crippen molar-refractivity contribution in [1.29, 1.82) is 0 Å². The number of ether oxygens (including phenoxy) is 1. The zero-order valence-electron chi connectivity index (χ0n) is 16.5. The molecule has 0 aliphatic heterocycles. The SMILES string of the molecule is Cc1oc2nc[nH]c(=O)c2c1C(=O)NCCc1ccc(OCC(=O)NC2CC2)cc1. The quantitative estimate of drug-likeness (QED) is 0.516. The first-order chi connectivity index (χ1) is 14.5. The van der Waals surface area contributed by atoms with Crippen molar-refractivity contribution in [2.24, 2.45) is 0 Å². The van der Waals surface area contributed by atoms with E-state index in [2.05, 4.69) is 20.6 Å². The summed E-state index contributed by atoms with van der Waals surface area (Å²) in [4.78, 5) is 42.6. The Balaban J connectivity index is 1.29. The maximum absolute atomic E-state index is 12.6. The molecule has 4 rings (SSSR count). The lowest BCUT2D eigenvalue weighted by atomic mass is 10.1. The van der Waals surface area contributed by atoms with Gasteiger partial charge < -0.3 is 24.8 Å². The van der Waals surface area contributed by atoms with Crippen molar-refractivity contribution in [3.8, 4) is 5.75 Å². The number of H-pyrrole nitrogens is 1. The Morgan fingerprint density at radius 2 is 2.03 bits per heavy atom. The molecule has 1 aliphatic carbocycles. The van der Waals surface area contributed by atoms with Gasteiger partial charge in [-0.25, -0.2) is 4.98 Å². The molecule has 9 heteroatoms. The Morgan fingerprint density at radius 3 is 2.77 bits per heavy atom. The lowest BCUT2D eigenvalue weighted by Gasteiger charge is -2.08. The van der Waals surface area contributed by atoms with E-state index < -0.39 is 5.56 Å². The molecule has 0 spiro atoms. The lowest BCUT2D eigenvalue weighted by Crippen LogP contribution is -2.30. The molecule has 156 valence electrons. The van der Waals surface area contributed by atoms with E-state index in [0.29, 0.717) is 30.5 Å². The number of rotatable bonds is 8. The summed E-state index contributed by atoms with van der Waals surface area (Å²) in [6, 6.07) is 7.67. The van der Waals surface area contributed by atoms with Gasteiger partial charge in [-0.3, -0.25) is 14.4 Å². The van der Waals surface area contributed by atoms with Crippen molar-refractivity contribution in [2.45, 2.75) is 32.2 Å². The number of furan rings is 1. The van der Waals surface area contributed by atoms with Gasteiger partial charge >= 0.3 is 0 Å². The fraction of sp³-hybridized carbons (Fsp3) is 0.333. The minimum atomic E-state index is -0.414. The molecule has 0 unspecified atom stereocenters. The number of nitrogens with zero attached hydrogens (tertiary/aromatic N) is 1. The number of aryl methyl sites for hydroxylation is 1. The highest BCUT2D eigenvalue weighted by Crippen LogP contribution is 2.20. The topological polar surface area (TPSA) is 126 Å². The molecule has 1 aliphatic rings. The van der Waals surface area contributed by atoms with Crippen LogP contribution in [0.15, 0.2) is 39.8 Å². The summed E-state index contributed by atoms with van der Waals surface area (Å²) < 4.78 is 10.9. The van der Waals surface area contributed by atoms with E-state index in [1.54, 1.807) is 19.1 Å². The Kier molecular flexibility index (Phi) is 5.51. The molecule has 9 nitrogen and oxygen atoms in total. The van der Waals surface area contributed by atoms with Crippen molar-refractivity contribution in [3.05, 3.63) is 57.8 Å². The monoisotopic (exact) mass is 410 g/mol. The van der Waals surface area contributed by atoms with Gasteiger partial charge in [0.1, 0.15) is 16.9 Å². The first-order valence-electron chi connectivity index (χ1n) is 9.77. The molecule has 3 aromatic rings. The Morgan fingerprint density at radius 1 is 1.27 bits per heavy atom. The molecule has 0 saturated heterocycles. The van der Waals surface area contributed by atoms with Crippen LogP contribution < -0.4 is 20.9 Å². The summed E-state index contributed by atoms with van der Waals surface area (Å²) in [6.07, 6.45) is 3.92. The van der Waals surface area contributed by atoms with Gasteiger partial charge in [-0.1, -0.05) is 12.1 Å². The molecule has 2 aromatic heterocycles. The van der Waals surface area contributed by atoms with Crippen LogP contribution in [0.4, 0.5) is 0 Å². The number of hydrogen-bond acceptors (Lipinski definition) is 6. The second kappa shape index (κ2) is 8.40. The van der Waals surface area contributed by atoms with Crippen molar-refractivity contribution in [3.63, 3.8) is 0 Å². The normalized spacial score (nSPS) is 13.2. The number of carbonyl (C=O) groups is 2. The predicted octanol–water partition coefficient (Wildman–Crippen LogP) is 1.45. The van der Waals surface area contributed by atoms with E-state index in [4.69, 9.17) is 9.15 Å². The van der Waals surface area contributed by atoms with Crippen LogP contribution in [0.2, 0.25) is 0 Å². The summed E-state index contributed by atoms with van der Waals surface area (Å²) in [7, 11) is 0. The van der Waals surface area contributed by atoms with E-state index in [9.17, 15) is 14.4 Å². The third-order valence-corrected chi connectivity index (χ3v) is 4.83. The fourth-order valence-electron chi connectivity index (χ4n) is 3.13. The standard InChI is InChI=1S/C21H22N4O5/c1-12-17(18-20(28)23-11-24-21(18)30-12)19(27)22-9-8-13-2-6-15(7-3-13)29-10-16(26)25-14-4-5-14/h2-3,6-7,11,14H,4-5,8-10H2,1H3,(H,22,27)(H,25,26)(H,23,24,28). The van der Waals surface area contributed by atoms with Crippen LogP contribution >= 0.6 is 0 Å². The number of fused-ring (bicyclic) bond motifs is 1. The smallest absolute Gasteiger partial charge is 0.262 e. The Hall–Kier alpha value is -3.62. The van der Waals surface area contributed by atoms with E-state index >= 15 is 0 Å². The predicted molar refractivity (Wildman–Crippen MR) is 109 cm³/mol. The Bertz CT molecular complexity index is 1130. The zero-order valence-corrected chi connectivity index (χ0v) is 16.5. The third kappa shape index (κ3) is 4.51. The molecular weight excluding hydrogens is 388 g/mol. The molecule has 3 N–H and O–H groups in total. The van der Waals surface area contributed by atoms with Gasteiger partial charge in [0.2, 0.25) is 5.71 Å². The molecule has 0 atom stereocenters. The number of aromatic amines is 1. The molecule has 2 amide bonds. The summed E-state index contributed by atoms with van der Waals surface area (Å²) in [5.74, 6) is 0.464. The highest BCUT2D eigenvalue weighted by Gasteiger charge is 2.23. The number of nitrogens with one attached hydrogen (secondary N) is 3. The van der Waals surface area contributed by atoms with Gasteiger partial charge in [0, 0.05) is 12.6 Å². The van der Waals surface area contributed by atoms with Crippen LogP contribution in [0.25, 0.3) is 11.1 Å². The highest BCUT2D eigenvalue weighted by atomic mass is 16.5. The van der Waals surface area contributed by atoms with Gasteiger partial charge in [0.25, 0.3) is 17.4 Å². The number of hydrogen-bond donors (Lipinski definition) is 3. The molecule has 1 fully saturated rings. The van der Waals surface area contributed by atoms with E-state index in [1.807, 2.05) is 12.1 Å². The molecule has 1 aromatic carbocycles.